The maximum atomic E-state index is 12.2. The van der Waals surface area contributed by atoms with Crippen LogP contribution in [0.1, 0.15) is 43.7 Å². The highest BCUT2D eigenvalue weighted by atomic mass is 79.9. The molecule has 7 nitrogen and oxygen atoms in total. The van der Waals surface area contributed by atoms with Crippen molar-refractivity contribution in [3.8, 4) is 23.3 Å². The summed E-state index contributed by atoms with van der Waals surface area (Å²) >= 11 is 3.51. The SMILES string of the molecule is COc1cc(/C=C(\C#N)C(N)=O)ccc1OC(=O)CCCOc1ccc(C(C)C)cc1Br. The fourth-order valence-corrected chi connectivity index (χ4v) is 3.26. The molecule has 168 valence electrons. The molecule has 0 unspecified atom stereocenters. The van der Waals surface area contributed by atoms with Gasteiger partial charge in [-0.1, -0.05) is 26.0 Å². The summed E-state index contributed by atoms with van der Waals surface area (Å²) in [5.41, 5.74) is 6.67. The first-order valence-electron chi connectivity index (χ1n) is 9.97. The number of nitriles is 1. The summed E-state index contributed by atoms with van der Waals surface area (Å²) in [6.45, 7) is 4.61. The Morgan fingerprint density at radius 1 is 1.16 bits per heavy atom. The van der Waals surface area contributed by atoms with Gasteiger partial charge < -0.3 is 19.9 Å². The Morgan fingerprint density at radius 3 is 2.47 bits per heavy atom. The molecular formula is C24H25BrN2O5. The summed E-state index contributed by atoms with van der Waals surface area (Å²) in [5, 5.41) is 8.95. The fraction of sp³-hybridized carbons (Fsp3) is 0.292. The molecule has 2 rings (SSSR count). The number of halogens is 1. The first-order chi connectivity index (χ1) is 15.2. The quantitative estimate of drug-likeness (QED) is 0.166. The molecule has 1 amide bonds. The van der Waals surface area contributed by atoms with E-state index in [9.17, 15) is 9.59 Å². The molecule has 0 saturated heterocycles. The van der Waals surface area contributed by atoms with Gasteiger partial charge in [0.1, 0.15) is 17.4 Å². The topological polar surface area (TPSA) is 112 Å². The molecular weight excluding hydrogens is 476 g/mol. The lowest BCUT2D eigenvalue weighted by Gasteiger charge is -2.12. The van der Waals surface area contributed by atoms with Gasteiger partial charge in [-0.15, -0.1) is 0 Å². The summed E-state index contributed by atoms with van der Waals surface area (Å²) in [4.78, 5) is 23.4. The monoisotopic (exact) mass is 500 g/mol. The summed E-state index contributed by atoms with van der Waals surface area (Å²) in [6.07, 6.45) is 1.97. The van der Waals surface area contributed by atoms with Crippen molar-refractivity contribution in [3.05, 3.63) is 57.6 Å². The number of nitrogens with zero attached hydrogens (tertiary/aromatic N) is 1. The van der Waals surface area contributed by atoms with E-state index in [-0.39, 0.29) is 17.7 Å². The van der Waals surface area contributed by atoms with Gasteiger partial charge >= 0.3 is 5.97 Å². The van der Waals surface area contributed by atoms with Crippen molar-refractivity contribution >= 4 is 33.9 Å². The molecule has 0 aliphatic carbocycles. The van der Waals surface area contributed by atoms with Gasteiger partial charge in [-0.3, -0.25) is 9.59 Å². The van der Waals surface area contributed by atoms with Gasteiger partial charge in [-0.25, -0.2) is 0 Å². The average molecular weight is 501 g/mol. The van der Waals surface area contributed by atoms with Crippen LogP contribution < -0.4 is 19.9 Å². The van der Waals surface area contributed by atoms with Crippen LogP contribution in [-0.4, -0.2) is 25.6 Å². The van der Waals surface area contributed by atoms with E-state index < -0.39 is 11.9 Å². The third kappa shape index (κ3) is 7.13. The Kier molecular flexibility index (Phi) is 9.29. The zero-order valence-electron chi connectivity index (χ0n) is 18.2. The van der Waals surface area contributed by atoms with Gasteiger partial charge in [0.25, 0.3) is 5.91 Å². The van der Waals surface area contributed by atoms with Gasteiger partial charge in [0.2, 0.25) is 0 Å². The number of amides is 1. The molecule has 0 aliphatic heterocycles. The Labute approximate surface area is 195 Å². The predicted molar refractivity (Wildman–Crippen MR) is 124 cm³/mol. The van der Waals surface area contributed by atoms with Crippen molar-refractivity contribution in [2.45, 2.75) is 32.6 Å². The number of carbonyl (C=O) groups excluding carboxylic acids is 2. The summed E-state index contributed by atoms with van der Waals surface area (Å²) in [6, 6.07) is 12.4. The lowest BCUT2D eigenvalue weighted by molar-refractivity contribution is -0.134. The van der Waals surface area contributed by atoms with Gasteiger partial charge in [-0.05, 0) is 69.7 Å². The highest BCUT2D eigenvalue weighted by molar-refractivity contribution is 9.10. The van der Waals surface area contributed by atoms with Crippen LogP contribution in [-0.2, 0) is 9.59 Å². The third-order valence-corrected chi connectivity index (χ3v) is 5.13. The molecule has 8 heteroatoms. The van der Waals surface area contributed by atoms with Gasteiger partial charge in [-0.2, -0.15) is 5.26 Å². The predicted octanol–water partition coefficient (Wildman–Crippen LogP) is 4.74. The Balaban J connectivity index is 1.91. The molecule has 2 aromatic rings. The Morgan fingerprint density at radius 2 is 1.88 bits per heavy atom. The molecule has 0 radical (unpaired) electrons. The second-order valence-electron chi connectivity index (χ2n) is 7.22. The Hall–Kier alpha value is -3.31. The van der Waals surface area contributed by atoms with Crippen LogP contribution >= 0.6 is 15.9 Å². The minimum absolute atomic E-state index is 0.159. The number of benzene rings is 2. The van der Waals surface area contributed by atoms with E-state index in [1.165, 1.54) is 24.8 Å². The molecule has 0 fully saturated rings. The van der Waals surface area contributed by atoms with Crippen LogP contribution in [0.15, 0.2) is 46.4 Å². The van der Waals surface area contributed by atoms with Crippen LogP contribution in [0.2, 0.25) is 0 Å². The van der Waals surface area contributed by atoms with Crippen LogP contribution in [0.5, 0.6) is 17.2 Å². The van der Waals surface area contributed by atoms with Crippen molar-refractivity contribution in [2.24, 2.45) is 5.73 Å². The molecule has 2 N–H and O–H groups in total. The summed E-state index contributed by atoms with van der Waals surface area (Å²) in [5.74, 6) is 0.417. The zero-order chi connectivity index (χ0) is 23.7. The number of primary amides is 1. The number of rotatable bonds is 10. The molecule has 0 spiro atoms. The van der Waals surface area contributed by atoms with E-state index in [4.69, 9.17) is 25.2 Å². The third-order valence-electron chi connectivity index (χ3n) is 4.51. The Bertz CT molecular complexity index is 1060. The minimum atomic E-state index is -0.827. The second kappa shape index (κ2) is 11.9. The van der Waals surface area contributed by atoms with E-state index in [1.54, 1.807) is 18.2 Å². The lowest BCUT2D eigenvalue weighted by atomic mass is 10.0. The van der Waals surface area contributed by atoms with Crippen molar-refractivity contribution in [3.63, 3.8) is 0 Å². The molecule has 0 aromatic heterocycles. The molecule has 0 aliphatic rings. The van der Waals surface area contributed by atoms with E-state index in [0.29, 0.717) is 30.3 Å². The highest BCUT2D eigenvalue weighted by Gasteiger charge is 2.12. The van der Waals surface area contributed by atoms with E-state index in [0.717, 1.165) is 10.2 Å². The largest absolute Gasteiger partial charge is 0.493 e. The van der Waals surface area contributed by atoms with Crippen LogP contribution in [0.3, 0.4) is 0 Å². The normalized spacial score (nSPS) is 11.1. The van der Waals surface area contributed by atoms with E-state index >= 15 is 0 Å². The molecule has 32 heavy (non-hydrogen) atoms. The first-order valence-corrected chi connectivity index (χ1v) is 10.8. The van der Waals surface area contributed by atoms with E-state index in [1.807, 2.05) is 18.2 Å². The van der Waals surface area contributed by atoms with E-state index in [2.05, 4.69) is 29.8 Å². The number of esters is 1. The van der Waals surface area contributed by atoms with Crippen LogP contribution in [0, 0.1) is 11.3 Å². The number of hydrogen-bond donors (Lipinski definition) is 1. The van der Waals surface area contributed by atoms with Crippen molar-refractivity contribution < 1.29 is 23.8 Å². The minimum Gasteiger partial charge on any atom is -0.493 e. The van der Waals surface area contributed by atoms with Gasteiger partial charge in [0.15, 0.2) is 11.5 Å². The number of hydrogen-bond acceptors (Lipinski definition) is 6. The standard InChI is InChI=1S/C24H25BrN2O5/c1-15(2)17-7-9-20(19(25)13-17)31-10-4-5-23(28)32-21-8-6-16(12-22(21)30-3)11-18(14-26)24(27)29/h6-9,11-13,15H,4-5,10H2,1-3H3,(H2,27,29)/b18-11+. The van der Waals surface area contributed by atoms with Crippen LogP contribution in [0.25, 0.3) is 6.08 Å². The van der Waals surface area contributed by atoms with Crippen molar-refractivity contribution in [2.75, 3.05) is 13.7 Å². The highest BCUT2D eigenvalue weighted by Crippen LogP contribution is 2.30. The summed E-state index contributed by atoms with van der Waals surface area (Å²) in [7, 11) is 1.43. The van der Waals surface area contributed by atoms with Crippen LogP contribution in [0.4, 0.5) is 0 Å². The van der Waals surface area contributed by atoms with Gasteiger partial charge in [0.05, 0.1) is 18.2 Å². The number of nitrogens with two attached hydrogens (primary N) is 1. The van der Waals surface area contributed by atoms with Crippen molar-refractivity contribution in [1.82, 2.24) is 0 Å². The second-order valence-corrected chi connectivity index (χ2v) is 8.07. The molecule has 0 saturated carbocycles. The lowest BCUT2D eigenvalue weighted by Crippen LogP contribution is -2.12. The molecule has 0 bridgehead atoms. The first kappa shape index (κ1) is 25.0. The molecule has 2 aromatic carbocycles. The maximum absolute atomic E-state index is 12.2. The fourth-order valence-electron chi connectivity index (χ4n) is 2.75. The smallest absolute Gasteiger partial charge is 0.311 e. The summed E-state index contributed by atoms with van der Waals surface area (Å²) < 4.78 is 17.3. The maximum Gasteiger partial charge on any atom is 0.311 e. The average Bonchev–Trinajstić information content (AvgIpc) is 2.76. The van der Waals surface area contributed by atoms with Crippen molar-refractivity contribution in [1.29, 1.82) is 5.26 Å². The molecule has 0 atom stereocenters. The zero-order valence-corrected chi connectivity index (χ0v) is 19.8. The number of carbonyl (C=O) groups is 2. The number of methoxy groups -OCH3 is 1. The van der Waals surface area contributed by atoms with Gasteiger partial charge in [0, 0.05) is 6.42 Å². The molecule has 0 heterocycles. The number of ether oxygens (including phenoxy) is 3.